The third-order valence-corrected chi connectivity index (χ3v) is 7.83. The molecule has 3 aliphatic rings. The number of benzene rings is 1. The van der Waals surface area contributed by atoms with Gasteiger partial charge in [0.1, 0.15) is 5.84 Å². The highest BCUT2D eigenvalue weighted by Crippen LogP contribution is 2.43. The zero-order valence-electron chi connectivity index (χ0n) is 17.9. The average Bonchev–Trinajstić information content (AvgIpc) is 2.90. The van der Waals surface area contributed by atoms with Crippen molar-refractivity contribution in [3.8, 4) is 0 Å². The van der Waals surface area contributed by atoms with Gasteiger partial charge in [-0.3, -0.25) is 14.8 Å². The maximum Gasteiger partial charge on any atom is 0.127 e. The van der Waals surface area contributed by atoms with Crippen LogP contribution in [0.3, 0.4) is 0 Å². The minimum absolute atomic E-state index is 0.169. The first-order valence-corrected chi connectivity index (χ1v) is 11.8. The zero-order chi connectivity index (χ0) is 20.6. The van der Waals surface area contributed by atoms with Gasteiger partial charge in [0, 0.05) is 31.6 Å². The Bertz CT molecular complexity index is 779. The predicted molar refractivity (Wildman–Crippen MR) is 127 cm³/mol. The quantitative estimate of drug-likeness (QED) is 0.636. The summed E-state index contributed by atoms with van der Waals surface area (Å²) >= 11 is 12.7. The van der Waals surface area contributed by atoms with Crippen LogP contribution in [0.15, 0.2) is 29.3 Å². The summed E-state index contributed by atoms with van der Waals surface area (Å²) in [5.74, 6) is 1.12. The maximum atomic E-state index is 6.65. The molecule has 29 heavy (non-hydrogen) atoms. The van der Waals surface area contributed by atoms with Crippen LogP contribution in [0, 0.1) is 5.41 Å². The number of amidine groups is 1. The van der Waals surface area contributed by atoms with Crippen LogP contribution < -0.4 is 4.90 Å². The molecule has 0 aromatic heterocycles. The van der Waals surface area contributed by atoms with Crippen molar-refractivity contribution >= 4 is 40.3 Å². The molecule has 1 atom stereocenters. The van der Waals surface area contributed by atoms with Gasteiger partial charge in [-0.25, -0.2) is 0 Å². The summed E-state index contributed by atoms with van der Waals surface area (Å²) < 4.78 is 0. The van der Waals surface area contributed by atoms with Crippen LogP contribution >= 0.6 is 23.8 Å². The molecule has 0 amide bonds. The number of anilines is 1. The van der Waals surface area contributed by atoms with Crippen LogP contribution in [-0.4, -0.2) is 65.9 Å². The first-order valence-electron chi connectivity index (χ1n) is 11.0. The smallest absolute Gasteiger partial charge is 0.127 e. The van der Waals surface area contributed by atoms with Gasteiger partial charge in [-0.15, -0.1) is 0 Å². The van der Waals surface area contributed by atoms with Gasteiger partial charge >= 0.3 is 0 Å². The van der Waals surface area contributed by atoms with Gasteiger partial charge in [0.2, 0.25) is 0 Å². The minimum atomic E-state index is -0.169. The van der Waals surface area contributed by atoms with Crippen LogP contribution in [0.5, 0.6) is 0 Å². The molecule has 0 radical (unpaired) electrons. The Hall–Kier alpha value is -1.01. The van der Waals surface area contributed by atoms with Crippen molar-refractivity contribution in [2.75, 3.05) is 38.1 Å². The van der Waals surface area contributed by atoms with Crippen molar-refractivity contribution in [2.24, 2.45) is 10.4 Å². The molecule has 2 heterocycles. The molecule has 0 spiro atoms. The van der Waals surface area contributed by atoms with E-state index in [9.17, 15) is 0 Å². The van der Waals surface area contributed by atoms with E-state index in [1.807, 2.05) is 18.2 Å². The van der Waals surface area contributed by atoms with E-state index < -0.39 is 0 Å². The van der Waals surface area contributed by atoms with Gasteiger partial charge in [-0.1, -0.05) is 69.1 Å². The molecule has 3 fully saturated rings. The van der Waals surface area contributed by atoms with Crippen LogP contribution in [-0.2, 0) is 0 Å². The molecule has 6 heteroatoms. The number of hydrogen-bond acceptors (Lipinski definition) is 4. The highest BCUT2D eigenvalue weighted by Gasteiger charge is 2.52. The molecule has 4 rings (SSSR count). The molecule has 158 valence electrons. The van der Waals surface area contributed by atoms with E-state index in [1.54, 1.807) is 0 Å². The number of halogens is 1. The Kier molecular flexibility index (Phi) is 6.31. The van der Waals surface area contributed by atoms with Gasteiger partial charge in [0.05, 0.1) is 27.8 Å². The Morgan fingerprint density at radius 1 is 1.03 bits per heavy atom. The molecule has 0 N–H and O–H groups in total. The molecule has 0 unspecified atom stereocenters. The standard InChI is InChI=1S/C23H33ClN4S/c1-23(2)20(27-15-13-26(3)14-16-27)21(25-17-9-5-4-6-10-17)28(22(23)29)19-12-8-7-11-18(19)24/h7-8,11-12,17,20H,4-6,9-10,13-16H2,1-3H3/t20-/m1/s1. The van der Waals surface area contributed by atoms with Gasteiger partial charge in [-0.05, 0) is 32.0 Å². The number of nitrogens with zero attached hydrogens (tertiary/aromatic N) is 4. The van der Waals surface area contributed by atoms with Gasteiger partial charge in [0.25, 0.3) is 0 Å². The average molecular weight is 433 g/mol. The Labute approximate surface area is 185 Å². The van der Waals surface area contributed by atoms with Crippen molar-refractivity contribution in [1.29, 1.82) is 0 Å². The Morgan fingerprint density at radius 2 is 1.69 bits per heavy atom. The molecule has 1 saturated carbocycles. The lowest BCUT2D eigenvalue weighted by Gasteiger charge is -2.41. The molecule has 2 saturated heterocycles. The Balaban J connectivity index is 1.78. The number of thiocarbonyl (C=S) groups is 1. The molecule has 4 nitrogen and oxygen atoms in total. The number of hydrogen-bond donors (Lipinski definition) is 0. The van der Waals surface area contributed by atoms with Gasteiger partial charge in [0.15, 0.2) is 0 Å². The van der Waals surface area contributed by atoms with Crippen molar-refractivity contribution in [1.82, 2.24) is 9.80 Å². The molecule has 1 aliphatic carbocycles. The molecular weight excluding hydrogens is 400 g/mol. The zero-order valence-corrected chi connectivity index (χ0v) is 19.5. The minimum Gasteiger partial charge on any atom is -0.304 e. The summed E-state index contributed by atoms with van der Waals surface area (Å²) in [5, 5.41) is 0.737. The monoisotopic (exact) mass is 432 g/mol. The number of likely N-dealkylation sites (N-methyl/N-ethyl adjacent to an activating group) is 1. The molecule has 1 aromatic rings. The number of para-hydroxylation sites is 1. The number of piperazine rings is 1. The van der Waals surface area contributed by atoms with E-state index in [0.29, 0.717) is 6.04 Å². The Morgan fingerprint density at radius 3 is 2.34 bits per heavy atom. The first-order chi connectivity index (χ1) is 13.9. The fraction of sp³-hybridized carbons (Fsp3) is 0.652. The third kappa shape index (κ3) is 4.12. The maximum absolute atomic E-state index is 6.65. The lowest BCUT2D eigenvalue weighted by molar-refractivity contribution is 0.108. The van der Waals surface area contributed by atoms with E-state index in [4.69, 9.17) is 28.8 Å². The summed E-state index contributed by atoms with van der Waals surface area (Å²) in [4.78, 5) is 13.5. The van der Waals surface area contributed by atoms with Crippen LogP contribution in [0.2, 0.25) is 5.02 Å². The van der Waals surface area contributed by atoms with E-state index >= 15 is 0 Å². The topological polar surface area (TPSA) is 22.1 Å². The second kappa shape index (κ2) is 8.62. The van der Waals surface area contributed by atoms with Crippen LogP contribution in [0.1, 0.15) is 46.0 Å². The molecular formula is C23H33ClN4S. The largest absolute Gasteiger partial charge is 0.304 e. The highest BCUT2D eigenvalue weighted by atomic mass is 35.5. The fourth-order valence-electron chi connectivity index (χ4n) is 5.05. The van der Waals surface area contributed by atoms with E-state index in [1.165, 1.54) is 32.1 Å². The van der Waals surface area contributed by atoms with Crippen LogP contribution in [0.4, 0.5) is 5.69 Å². The first kappa shape index (κ1) is 21.2. The van der Waals surface area contributed by atoms with Crippen molar-refractivity contribution in [2.45, 2.75) is 58.0 Å². The van der Waals surface area contributed by atoms with E-state index in [0.717, 1.165) is 47.7 Å². The number of rotatable bonds is 3. The fourth-order valence-corrected chi connectivity index (χ4v) is 5.57. The number of aliphatic imine (C=N–C) groups is 1. The second-order valence-corrected chi connectivity index (χ2v) is 10.1. The summed E-state index contributed by atoms with van der Waals surface area (Å²) in [6.07, 6.45) is 6.26. The van der Waals surface area contributed by atoms with Gasteiger partial charge in [-0.2, -0.15) is 0 Å². The lowest BCUT2D eigenvalue weighted by Crippen LogP contribution is -2.55. The molecule has 2 aliphatic heterocycles. The van der Waals surface area contributed by atoms with Gasteiger partial charge < -0.3 is 4.90 Å². The summed E-state index contributed by atoms with van der Waals surface area (Å²) in [6, 6.07) is 8.64. The van der Waals surface area contributed by atoms with Crippen LogP contribution in [0.25, 0.3) is 0 Å². The van der Waals surface area contributed by atoms with Crippen molar-refractivity contribution in [3.05, 3.63) is 29.3 Å². The lowest BCUT2D eigenvalue weighted by atomic mass is 9.85. The third-order valence-electron chi connectivity index (χ3n) is 6.80. The normalized spacial score (nSPS) is 28.4. The molecule has 0 bridgehead atoms. The molecule has 1 aromatic carbocycles. The highest BCUT2D eigenvalue weighted by molar-refractivity contribution is 7.80. The predicted octanol–water partition coefficient (Wildman–Crippen LogP) is 4.86. The van der Waals surface area contributed by atoms with E-state index in [2.05, 4.69) is 41.7 Å². The van der Waals surface area contributed by atoms with Crippen molar-refractivity contribution in [3.63, 3.8) is 0 Å². The van der Waals surface area contributed by atoms with E-state index in [-0.39, 0.29) is 11.5 Å². The summed E-state index contributed by atoms with van der Waals surface area (Å²) in [6.45, 7) is 8.84. The second-order valence-electron chi connectivity index (χ2n) is 9.33. The summed E-state index contributed by atoms with van der Waals surface area (Å²) in [5.41, 5.74) is 0.802. The SMILES string of the molecule is CN1CCN([C@@H]2C(=NC3CCCCC3)N(c3ccccc3Cl)C(=S)C2(C)C)CC1. The van der Waals surface area contributed by atoms with Crippen molar-refractivity contribution < 1.29 is 0 Å². The summed E-state index contributed by atoms with van der Waals surface area (Å²) in [7, 11) is 2.20.